The SMILES string of the molecule is COc1ccc(C[C@@H]2[C@H](O)[C@@H](O)[C@@H](Cc3ccc(OC)cc3)N(Cc3cccc(C(=O)Nc4nc5ccccc5[nH]4)c3)C(=O)N2Cc2cccc(C(=O)Nc3nc4ccccc4[nH]3)c2)cc1. The Labute approximate surface area is 380 Å². The number of aliphatic hydroxyl groups is 2. The summed E-state index contributed by atoms with van der Waals surface area (Å²) in [6.45, 7) is -0.0538. The van der Waals surface area contributed by atoms with Gasteiger partial charge in [0, 0.05) is 24.2 Å². The number of anilines is 2. The van der Waals surface area contributed by atoms with Crippen molar-refractivity contribution >= 4 is 51.8 Å². The molecule has 15 nitrogen and oxygen atoms in total. The van der Waals surface area contributed by atoms with E-state index in [-0.39, 0.29) is 25.9 Å². The Hall–Kier alpha value is -8.01. The maximum atomic E-state index is 15.5. The number of carbonyl (C=O) groups excluding carboxylic acids is 3. The van der Waals surface area contributed by atoms with Gasteiger partial charge in [-0.1, -0.05) is 72.8 Å². The lowest BCUT2D eigenvalue weighted by Gasteiger charge is -2.36. The van der Waals surface area contributed by atoms with Crippen molar-refractivity contribution in [2.75, 3.05) is 24.9 Å². The maximum absolute atomic E-state index is 15.5. The molecule has 9 rings (SSSR count). The highest BCUT2D eigenvalue weighted by atomic mass is 16.5. The summed E-state index contributed by atoms with van der Waals surface area (Å²) in [4.78, 5) is 61.2. The van der Waals surface area contributed by atoms with Gasteiger partial charge in [-0.3, -0.25) is 20.2 Å². The first kappa shape index (κ1) is 43.3. The highest BCUT2D eigenvalue weighted by molar-refractivity contribution is 6.04. The van der Waals surface area contributed by atoms with Gasteiger partial charge in [-0.25, -0.2) is 14.8 Å². The van der Waals surface area contributed by atoms with Crippen LogP contribution in [0.1, 0.15) is 43.0 Å². The number of benzene rings is 6. The highest BCUT2D eigenvalue weighted by Gasteiger charge is 2.46. The number of aliphatic hydroxyl groups excluding tert-OH is 2. The zero-order chi connectivity index (χ0) is 45.7. The number of amides is 4. The summed E-state index contributed by atoms with van der Waals surface area (Å²) in [5.41, 5.74) is 6.44. The van der Waals surface area contributed by atoms with Gasteiger partial charge in [0.25, 0.3) is 11.8 Å². The number of hydrogen-bond acceptors (Lipinski definition) is 9. The number of imidazole rings is 2. The summed E-state index contributed by atoms with van der Waals surface area (Å²) >= 11 is 0. The number of ether oxygens (including phenoxy) is 2. The lowest BCUT2D eigenvalue weighted by Crippen LogP contribution is -2.50. The average Bonchev–Trinajstić information content (AvgIpc) is 3.95. The molecule has 0 radical (unpaired) electrons. The number of hydrogen-bond donors (Lipinski definition) is 6. The second-order valence-electron chi connectivity index (χ2n) is 16.3. The van der Waals surface area contributed by atoms with E-state index < -0.39 is 42.1 Å². The lowest BCUT2D eigenvalue weighted by atomic mass is 9.90. The van der Waals surface area contributed by atoms with E-state index in [4.69, 9.17) is 9.47 Å². The first-order chi connectivity index (χ1) is 32.1. The predicted molar refractivity (Wildman–Crippen MR) is 250 cm³/mol. The van der Waals surface area contributed by atoms with E-state index in [1.54, 1.807) is 84.7 Å². The molecule has 334 valence electrons. The van der Waals surface area contributed by atoms with Crippen molar-refractivity contribution in [3.8, 4) is 11.5 Å². The number of nitrogens with one attached hydrogen (secondary N) is 4. The molecule has 4 amide bonds. The van der Waals surface area contributed by atoms with Crippen molar-refractivity contribution in [1.82, 2.24) is 29.7 Å². The Morgan fingerprint density at radius 1 is 0.561 bits per heavy atom. The van der Waals surface area contributed by atoms with Crippen LogP contribution in [-0.4, -0.2) is 96.3 Å². The van der Waals surface area contributed by atoms with Crippen LogP contribution >= 0.6 is 0 Å². The third-order valence-electron chi connectivity index (χ3n) is 12.0. The van der Waals surface area contributed by atoms with Crippen molar-refractivity contribution in [3.05, 3.63) is 179 Å². The first-order valence-electron chi connectivity index (χ1n) is 21.5. The highest BCUT2D eigenvalue weighted by Crippen LogP contribution is 2.31. The number of methoxy groups -OCH3 is 2. The number of urea groups is 1. The predicted octanol–water partition coefficient (Wildman–Crippen LogP) is 7.34. The number of fused-ring (bicyclic) bond motifs is 2. The Balaban J connectivity index is 1.06. The summed E-state index contributed by atoms with van der Waals surface area (Å²) < 4.78 is 10.8. The second kappa shape index (κ2) is 19.0. The van der Waals surface area contributed by atoms with Crippen molar-refractivity contribution in [3.63, 3.8) is 0 Å². The molecule has 0 saturated carbocycles. The Morgan fingerprint density at radius 2 is 0.970 bits per heavy atom. The molecule has 1 fully saturated rings. The van der Waals surface area contributed by atoms with Crippen molar-refractivity contribution in [1.29, 1.82) is 0 Å². The van der Waals surface area contributed by atoms with Gasteiger partial charge in [-0.05, 0) is 108 Å². The molecule has 6 aromatic carbocycles. The Bertz CT molecular complexity index is 2740. The minimum absolute atomic E-state index is 0.0269. The van der Waals surface area contributed by atoms with Gasteiger partial charge in [0.05, 0.1) is 48.4 Å². The monoisotopic (exact) mass is 884 g/mol. The molecule has 15 heteroatoms. The van der Waals surface area contributed by atoms with Gasteiger partial charge in [-0.15, -0.1) is 0 Å². The molecular formula is C51H48N8O7. The smallest absolute Gasteiger partial charge is 0.321 e. The quantitative estimate of drug-likeness (QED) is 0.0647. The Morgan fingerprint density at radius 3 is 1.36 bits per heavy atom. The summed E-state index contributed by atoms with van der Waals surface area (Å²) in [5.74, 6) is 1.05. The molecule has 0 aliphatic carbocycles. The van der Waals surface area contributed by atoms with Crippen LogP contribution in [0, 0.1) is 0 Å². The van der Waals surface area contributed by atoms with Gasteiger partial charge in [-0.2, -0.15) is 0 Å². The molecule has 0 unspecified atom stereocenters. The van der Waals surface area contributed by atoms with Crippen LogP contribution in [0.5, 0.6) is 11.5 Å². The molecule has 0 spiro atoms. The molecule has 3 heterocycles. The maximum Gasteiger partial charge on any atom is 0.321 e. The largest absolute Gasteiger partial charge is 0.497 e. The number of aromatic nitrogens is 4. The van der Waals surface area contributed by atoms with Crippen LogP contribution in [0.25, 0.3) is 22.1 Å². The number of aromatic amines is 2. The minimum atomic E-state index is -1.43. The van der Waals surface area contributed by atoms with E-state index in [9.17, 15) is 19.8 Å². The molecule has 0 bridgehead atoms. The zero-order valence-corrected chi connectivity index (χ0v) is 36.2. The number of para-hydroxylation sites is 4. The molecule has 1 aliphatic rings. The number of H-pyrrole nitrogens is 2. The zero-order valence-electron chi connectivity index (χ0n) is 36.2. The fourth-order valence-electron chi connectivity index (χ4n) is 8.51. The van der Waals surface area contributed by atoms with E-state index in [1.165, 1.54) is 0 Å². The number of nitrogens with zero attached hydrogens (tertiary/aromatic N) is 4. The van der Waals surface area contributed by atoms with Crippen LogP contribution in [0.2, 0.25) is 0 Å². The molecular weight excluding hydrogens is 837 g/mol. The fourth-order valence-corrected chi connectivity index (χ4v) is 8.51. The topological polar surface area (TPSA) is 198 Å². The minimum Gasteiger partial charge on any atom is -0.497 e. The number of carbonyl (C=O) groups is 3. The summed E-state index contributed by atoms with van der Waals surface area (Å²) in [6.07, 6.45) is -2.49. The Kier molecular flexibility index (Phi) is 12.4. The van der Waals surface area contributed by atoms with Gasteiger partial charge < -0.3 is 39.5 Å². The van der Waals surface area contributed by atoms with Gasteiger partial charge in [0.1, 0.15) is 23.7 Å². The van der Waals surface area contributed by atoms with Crippen LogP contribution < -0.4 is 20.1 Å². The van der Waals surface area contributed by atoms with Gasteiger partial charge in [0.2, 0.25) is 11.9 Å². The molecule has 1 saturated heterocycles. The summed E-state index contributed by atoms with van der Waals surface area (Å²) in [7, 11) is 3.15. The first-order valence-corrected chi connectivity index (χ1v) is 21.5. The molecule has 1 aliphatic heterocycles. The van der Waals surface area contributed by atoms with E-state index in [0.29, 0.717) is 56.7 Å². The van der Waals surface area contributed by atoms with Crippen LogP contribution in [-0.2, 0) is 25.9 Å². The lowest BCUT2D eigenvalue weighted by molar-refractivity contribution is -0.0408. The number of rotatable bonds is 14. The van der Waals surface area contributed by atoms with E-state index in [0.717, 1.165) is 22.2 Å². The van der Waals surface area contributed by atoms with Gasteiger partial charge in [0.15, 0.2) is 0 Å². The van der Waals surface area contributed by atoms with Crippen LogP contribution in [0.15, 0.2) is 146 Å². The normalized spacial score (nSPS) is 17.4. The summed E-state index contributed by atoms with van der Waals surface area (Å²) in [6, 6.07) is 41.1. The average molecular weight is 885 g/mol. The van der Waals surface area contributed by atoms with Crippen LogP contribution in [0.3, 0.4) is 0 Å². The van der Waals surface area contributed by atoms with E-state index in [1.807, 2.05) is 84.9 Å². The third-order valence-corrected chi connectivity index (χ3v) is 12.0. The van der Waals surface area contributed by atoms with E-state index >= 15 is 4.79 Å². The van der Waals surface area contributed by atoms with Crippen LogP contribution in [0.4, 0.5) is 16.7 Å². The fraction of sp³-hybridized carbons (Fsp3) is 0.196. The summed E-state index contributed by atoms with van der Waals surface area (Å²) in [5, 5.41) is 30.5. The molecule has 8 aromatic rings. The van der Waals surface area contributed by atoms with Crippen molar-refractivity contribution < 1.29 is 34.1 Å². The standard InChI is InChI=1S/C51H48N8O7/c1-65-37-21-17-31(18-22-37)27-43-45(60)46(61)44(28-32-19-23-38(66-2)24-20-32)59(30-34-10-8-12-36(26-34)48(63)57-50-54-41-15-5-6-16-42(41)55-50)51(64)58(43)29-33-9-7-11-35(25-33)47(62)56-49-52-39-13-3-4-14-40(39)53-49/h3-26,43-46,60-61H,27-30H2,1-2H3,(H2,52,53,56,62)(H2,54,55,57,63)/t43-,44-,45+,46+/m1/s1. The second-order valence-corrected chi connectivity index (χ2v) is 16.3. The van der Waals surface area contributed by atoms with E-state index in [2.05, 4.69) is 30.6 Å². The van der Waals surface area contributed by atoms with Crippen molar-refractivity contribution in [2.45, 2.75) is 50.2 Å². The van der Waals surface area contributed by atoms with Crippen molar-refractivity contribution in [2.24, 2.45) is 0 Å². The third kappa shape index (κ3) is 9.43. The molecule has 66 heavy (non-hydrogen) atoms. The molecule has 2 aromatic heterocycles. The van der Waals surface area contributed by atoms with Gasteiger partial charge >= 0.3 is 6.03 Å². The molecule has 6 N–H and O–H groups in total. The molecule has 4 atom stereocenters.